The van der Waals surface area contributed by atoms with E-state index in [1.54, 1.807) is 18.4 Å². The second kappa shape index (κ2) is 7.10. The van der Waals surface area contributed by atoms with Crippen LogP contribution in [-0.2, 0) is 14.8 Å². The monoisotopic (exact) mass is 413 g/mol. The van der Waals surface area contributed by atoms with Gasteiger partial charge in [-0.05, 0) is 43.7 Å². The van der Waals surface area contributed by atoms with Crippen LogP contribution in [-0.4, -0.2) is 37.1 Å². The van der Waals surface area contributed by atoms with Gasteiger partial charge >= 0.3 is 0 Å². The number of amides is 2. The number of nitrogens with one attached hydrogen (secondary N) is 1. The van der Waals surface area contributed by atoms with E-state index >= 15 is 0 Å². The number of hydrogen-bond acceptors (Lipinski definition) is 6. The zero-order valence-corrected chi connectivity index (χ0v) is 16.8. The summed E-state index contributed by atoms with van der Waals surface area (Å²) in [7, 11) is -3.71. The highest BCUT2D eigenvalue weighted by Gasteiger charge is 2.40. The van der Waals surface area contributed by atoms with Gasteiger partial charge in [-0.2, -0.15) is 4.31 Å². The van der Waals surface area contributed by atoms with E-state index in [1.165, 1.54) is 21.7 Å². The predicted octanol–water partition coefficient (Wildman–Crippen LogP) is 2.32. The Hall–Kier alpha value is -1.75. The first-order valence-electron chi connectivity index (χ1n) is 7.99. The number of carbonyl (C=O) groups excluding carboxylic acids is 2. The van der Waals surface area contributed by atoms with Gasteiger partial charge in [-0.3, -0.25) is 9.59 Å². The Balaban J connectivity index is 1.86. The summed E-state index contributed by atoms with van der Waals surface area (Å²) in [5.41, 5.74) is 6.44. The SMILES string of the molecule is Cc1sc(NC(=O)[C@H]2CCCN2S(=O)(=O)c2cccs2)c(C(N)=O)c1C. The van der Waals surface area contributed by atoms with Crippen molar-refractivity contribution in [3.63, 3.8) is 0 Å². The number of rotatable bonds is 5. The van der Waals surface area contributed by atoms with Crippen molar-refractivity contribution in [2.45, 2.75) is 36.9 Å². The minimum atomic E-state index is -3.71. The molecule has 1 atom stereocenters. The lowest BCUT2D eigenvalue weighted by Crippen LogP contribution is -2.43. The number of nitrogens with two attached hydrogens (primary N) is 1. The minimum Gasteiger partial charge on any atom is -0.365 e. The van der Waals surface area contributed by atoms with Crippen molar-refractivity contribution in [2.24, 2.45) is 5.73 Å². The number of aryl methyl sites for hydroxylation is 1. The summed E-state index contributed by atoms with van der Waals surface area (Å²) in [4.78, 5) is 25.4. The summed E-state index contributed by atoms with van der Waals surface area (Å²) in [5.74, 6) is -1.05. The van der Waals surface area contributed by atoms with Crippen LogP contribution in [0.5, 0.6) is 0 Å². The molecule has 0 aliphatic carbocycles. The highest BCUT2D eigenvalue weighted by Crippen LogP contribution is 2.34. The predicted molar refractivity (Wildman–Crippen MR) is 102 cm³/mol. The summed E-state index contributed by atoms with van der Waals surface area (Å²) in [6.07, 6.45) is 1.04. The molecule has 2 aromatic heterocycles. The zero-order valence-electron chi connectivity index (χ0n) is 14.3. The van der Waals surface area contributed by atoms with Gasteiger partial charge in [0.25, 0.3) is 15.9 Å². The van der Waals surface area contributed by atoms with Crippen LogP contribution in [0.4, 0.5) is 5.00 Å². The molecule has 0 saturated carbocycles. The Kier molecular flexibility index (Phi) is 5.20. The number of nitrogens with zero attached hydrogens (tertiary/aromatic N) is 1. The van der Waals surface area contributed by atoms with Gasteiger partial charge in [-0.15, -0.1) is 22.7 Å². The maximum absolute atomic E-state index is 12.8. The Labute approximate surface area is 159 Å². The van der Waals surface area contributed by atoms with Crippen LogP contribution in [0.3, 0.4) is 0 Å². The van der Waals surface area contributed by atoms with Crippen LogP contribution in [0.25, 0.3) is 0 Å². The molecule has 26 heavy (non-hydrogen) atoms. The number of carbonyl (C=O) groups is 2. The van der Waals surface area contributed by atoms with Crippen LogP contribution in [0.1, 0.15) is 33.6 Å². The molecule has 2 aromatic rings. The number of sulfonamides is 1. The van der Waals surface area contributed by atoms with Crippen molar-refractivity contribution >= 4 is 49.5 Å². The van der Waals surface area contributed by atoms with Gasteiger partial charge in [0.2, 0.25) is 5.91 Å². The molecule has 3 rings (SSSR count). The summed E-state index contributed by atoms with van der Waals surface area (Å²) in [5, 5.41) is 4.78. The van der Waals surface area contributed by atoms with Crippen molar-refractivity contribution in [1.82, 2.24) is 4.31 Å². The first-order chi connectivity index (χ1) is 12.2. The fraction of sp³-hybridized carbons (Fsp3) is 0.375. The van der Waals surface area contributed by atoms with Crippen LogP contribution in [0.2, 0.25) is 0 Å². The van der Waals surface area contributed by atoms with Crippen molar-refractivity contribution in [2.75, 3.05) is 11.9 Å². The maximum Gasteiger partial charge on any atom is 0.253 e. The number of thiophene rings is 2. The van der Waals surface area contributed by atoms with Gasteiger partial charge in [0, 0.05) is 11.4 Å². The van der Waals surface area contributed by atoms with Crippen LogP contribution in [0, 0.1) is 13.8 Å². The second-order valence-corrected chi connectivity index (χ2v) is 10.3. The van der Waals surface area contributed by atoms with E-state index in [4.69, 9.17) is 5.73 Å². The molecule has 2 amide bonds. The quantitative estimate of drug-likeness (QED) is 0.784. The first kappa shape index (κ1) is 19.0. The minimum absolute atomic E-state index is 0.220. The second-order valence-electron chi connectivity index (χ2n) is 6.05. The Morgan fingerprint density at radius 3 is 2.69 bits per heavy atom. The molecule has 3 N–H and O–H groups in total. The van der Waals surface area contributed by atoms with Gasteiger partial charge in [0.15, 0.2) is 0 Å². The third-order valence-electron chi connectivity index (χ3n) is 4.43. The summed E-state index contributed by atoms with van der Waals surface area (Å²) < 4.78 is 27.0. The molecule has 140 valence electrons. The number of anilines is 1. The fourth-order valence-electron chi connectivity index (χ4n) is 3.02. The standard InChI is InChI=1S/C16H19N3O4S3/c1-9-10(2)25-16(13(9)14(17)20)18-15(21)11-5-3-7-19(11)26(22,23)12-6-4-8-24-12/h4,6,8,11H,3,5,7H2,1-2H3,(H2,17,20)(H,18,21)/t11-/m1/s1. The summed E-state index contributed by atoms with van der Waals surface area (Å²) in [6, 6.07) is 2.40. The normalized spacial score (nSPS) is 18.2. The summed E-state index contributed by atoms with van der Waals surface area (Å²) >= 11 is 2.39. The molecule has 1 fully saturated rings. The molecule has 1 saturated heterocycles. The highest BCUT2D eigenvalue weighted by atomic mass is 32.2. The van der Waals surface area contributed by atoms with Gasteiger partial charge in [0.05, 0.1) is 5.56 Å². The lowest BCUT2D eigenvalue weighted by molar-refractivity contribution is -0.119. The van der Waals surface area contributed by atoms with Crippen molar-refractivity contribution in [3.8, 4) is 0 Å². The molecule has 0 spiro atoms. The molecule has 0 radical (unpaired) electrons. The van der Waals surface area contributed by atoms with Gasteiger partial charge in [-0.25, -0.2) is 8.42 Å². The maximum atomic E-state index is 12.8. The average Bonchev–Trinajstić information content (AvgIpc) is 3.29. The molecule has 1 aliphatic rings. The molecule has 0 bridgehead atoms. The molecular weight excluding hydrogens is 394 g/mol. The zero-order chi connectivity index (χ0) is 19.1. The van der Waals surface area contributed by atoms with Crippen LogP contribution < -0.4 is 11.1 Å². The van der Waals surface area contributed by atoms with Crippen molar-refractivity contribution < 1.29 is 18.0 Å². The topological polar surface area (TPSA) is 110 Å². The van der Waals surface area contributed by atoms with E-state index in [1.807, 2.05) is 6.92 Å². The third kappa shape index (κ3) is 3.29. The van der Waals surface area contributed by atoms with Crippen molar-refractivity contribution in [1.29, 1.82) is 0 Å². The molecular formula is C16H19N3O4S3. The van der Waals surface area contributed by atoms with E-state index in [0.717, 1.165) is 21.8 Å². The molecule has 0 aromatic carbocycles. The van der Waals surface area contributed by atoms with E-state index < -0.39 is 27.9 Å². The van der Waals surface area contributed by atoms with Crippen LogP contribution in [0.15, 0.2) is 21.7 Å². The molecule has 10 heteroatoms. The average molecular weight is 414 g/mol. The van der Waals surface area contributed by atoms with Gasteiger partial charge in [-0.1, -0.05) is 6.07 Å². The van der Waals surface area contributed by atoms with Crippen molar-refractivity contribution in [3.05, 3.63) is 33.5 Å². The third-order valence-corrected chi connectivity index (χ3v) is 8.84. The number of hydrogen-bond donors (Lipinski definition) is 2. The first-order valence-corrected chi connectivity index (χ1v) is 11.1. The summed E-state index contributed by atoms with van der Waals surface area (Å²) in [6.45, 7) is 3.90. The molecule has 0 unspecified atom stereocenters. The largest absolute Gasteiger partial charge is 0.365 e. The Morgan fingerprint density at radius 2 is 2.08 bits per heavy atom. The molecule has 7 nitrogen and oxygen atoms in total. The Bertz CT molecular complexity index is 948. The number of primary amides is 1. The van der Waals surface area contributed by atoms with Crippen LogP contribution >= 0.6 is 22.7 Å². The fourth-order valence-corrected chi connectivity index (χ4v) is 6.87. The van der Waals surface area contributed by atoms with E-state index in [0.29, 0.717) is 24.4 Å². The molecule has 1 aliphatic heterocycles. The van der Waals surface area contributed by atoms with E-state index in [2.05, 4.69) is 5.32 Å². The lowest BCUT2D eigenvalue weighted by atomic mass is 10.1. The van der Waals surface area contributed by atoms with E-state index in [9.17, 15) is 18.0 Å². The lowest BCUT2D eigenvalue weighted by Gasteiger charge is -2.22. The van der Waals surface area contributed by atoms with Gasteiger partial charge < -0.3 is 11.1 Å². The molecule has 3 heterocycles. The van der Waals surface area contributed by atoms with E-state index in [-0.39, 0.29) is 9.77 Å². The van der Waals surface area contributed by atoms with Gasteiger partial charge in [0.1, 0.15) is 15.3 Å². The Morgan fingerprint density at radius 1 is 1.35 bits per heavy atom. The highest BCUT2D eigenvalue weighted by molar-refractivity contribution is 7.91. The smallest absolute Gasteiger partial charge is 0.253 e.